The van der Waals surface area contributed by atoms with Gasteiger partial charge in [-0.2, -0.15) is 0 Å². The summed E-state index contributed by atoms with van der Waals surface area (Å²) in [6.45, 7) is 10.2. The lowest BCUT2D eigenvalue weighted by Gasteiger charge is -2.09. The third kappa shape index (κ3) is 2.26. The molecule has 0 heterocycles. The molecule has 0 aromatic rings. The second kappa shape index (κ2) is 4.15. The van der Waals surface area contributed by atoms with E-state index in [1.807, 2.05) is 14.0 Å². The van der Waals surface area contributed by atoms with Crippen molar-refractivity contribution in [2.24, 2.45) is 0 Å². The van der Waals surface area contributed by atoms with E-state index >= 15 is 0 Å². The topological polar surface area (TPSA) is 12.0 Å². The fourth-order valence-electron chi connectivity index (χ4n) is 0.968. The molecule has 0 amide bonds. The van der Waals surface area contributed by atoms with Gasteiger partial charge in [-0.1, -0.05) is 19.1 Å². The van der Waals surface area contributed by atoms with Crippen LogP contribution < -0.4 is 5.32 Å². The van der Waals surface area contributed by atoms with Crippen LogP contribution in [0, 0.1) is 0 Å². The molecule has 0 aliphatic heterocycles. The minimum Gasteiger partial charge on any atom is -0.388 e. The zero-order valence-electron chi connectivity index (χ0n) is 7.41. The van der Waals surface area contributed by atoms with Crippen molar-refractivity contribution in [3.05, 3.63) is 23.4 Å². The van der Waals surface area contributed by atoms with Crippen molar-refractivity contribution in [2.45, 2.75) is 27.2 Å². The zero-order chi connectivity index (χ0) is 8.15. The fourth-order valence-corrected chi connectivity index (χ4v) is 0.968. The van der Waals surface area contributed by atoms with Crippen LogP contribution in [-0.4, -0.2) is 7.05 Å². The lowest BCUT2D eigenvalue weighted by atomic mass is 10.1. The van der Waals surface area contributed by atoms with Gasteiger partial charge in [-0.3, -0.25) is 0 Å². The molecule has 0 atom stereocenters. The van der Waals surface area contributed by atoms with Crippen molar-refractivity contribution in [1.29, 1.82) is 0 Å². The molecular weight excluding hydrogens is 122 g/mol. The standard InChI is InChI=1S/C9H17N/c1-6-8(4)9(10-5)7(2)3/h10H,2,6H2,1,3-5H3/b9-8-. The predicted octanol–water partition coefficient (Wildman–Crippen LogP) is 2.47. The lowest BCUT2D eigenvalue weighted by Crippen LogP contribution is -2.08. The Bertz CT molecular complexity index is 154. The average Bonchev–Trinajstić information content (AvgIpc) is 1.88. The molecule has 1 nitrogen and oxygen atoms in total. The zero-order valence-corrected chi connectivity index (χ0v) is 7.41. The van der Waals surface area contributed by atoms with E-state index in [1.54, 1.807) is 0 Å². The Kier molecular flexibility index (Phi) is 3.85. The fraction of sp³-hybridized carbons (Fsp3) is 0.556. The van der Waals surface area contributed by atoms with Gasteiger partial charge in [0.15, 0.2) is 0 Å². The third-order valence-electron chi connectivity index (χ3n) is 1.63. The largest absolute Gasteiger partial charge is 0.388 e. The van der Waals surface area contributed by atoms with E-state index in [2.05, 4.69) is 25.7 Å². The first-order valence-corrected chi connectivity index (χ1v) is 3.66. The SMILES string of the molecule is C=C(C)/C(NC)=C(\C)CC. The van der Waals surface area contributed by atoms with Crippen LogP contribution >= 0.6 is 0 Å². The van der Waals surface area contributed by atoms with Gasteiger partial charge in [-0.15, -0.1) is 0 Å². The van der Waals surface area contributed by atoms with Crippen molar-refractivity contribution in [2.75, 3.05) is 7.05 Å². The summed E-state index contributed by atoms with van der Waals surface area (Å²) < 4.78 is 0. The maximum atomic E-state index is 3.87. The van der Waals surface area contributed by atoms with Gasteiger partial charge in [0, 0.05) is 12.7 Å². The van der Waals surface area contributed by atoms with Crippen LogP contribution in [0.15, 0.2) is 23.4 Å². The van der Waals surface area contributed by atoms with E-state index in [-0.39, 0.29) is 0 Å². The molecular formula is C9H17N. The van der Waals surface area contributed by atoms with Crippen molar-refractivity contribution in [3.8, 4) is 0 Å². The monoisotopic (exact) mass is 139 g/mol. The molecule has 0 saturated carbocycles. The molecule has 1 heteroatoms. The molecule has 0 bridgehead atoms. The first-order chi connectivity index (χ1) is 4.63. The van der Waals surface area contributed by atoms with Crippen LogP contribution in [0.3, 0.4) is 0 Å². The molecule has 0 spiro atoms. The average molecular weight is 139 g/mol. The molecule has 0 aliphatic rings. The van der Waals surface area contributed by atoms with Gasteiger partial charge >= 0.3 is 0 Å². The van der Waals surface area contributed by atoms with Gasteiger partial charge in [-0.25, -0.2) is 0 Å². The number of hydrogen-bond donors (Lipinski definition) is 1. The molecule has 58 valence electrons. The van der Waals surface area contributed by atoms with E-state index in [4.69, 9.17) is 0 Å². The minimum atomic E-state index is 1.09. The van der Waals surface area contributed by atoms with Gasteiger partial charge < -0.3 is 5.32 Å². The quantitative estimate of drug-likeness (QED) is 0.592. The van der Waals surface area contributed by atoms with Crippen LogP contribution in [0.1, 0.15) is 27.2 Å². The molecule has 0 aliphatic carbocycles. The Morgan fingerprint density at radius 1 is 1.40 bits per heavy atom. The molecule has 0 unspecified atom stereocenters. The van der Waals surface area contributed by atoms with Crippen molar-refractivity contribution in [1.82, 2.24) is 5.32 Å². The molecule has 0 radical (unpaired) electrons. The maximum absolute atomic E-state index is 3.87. The Balaban J connectivity index is 4.45. The first-order valence-electron chi connectivity index (χ1n) is 3.66. The summed E-state index contributed by atoms with van der Waals surface area (Å²) in [6, 6.07) is 0. The van der Waals surface area contributed by atoms with E-state index in [1.165, 1.54) is 11.3 Å². The Morgan fingerprint density at radius 3 is 2.00 bits per heavy atom. The third-order valence-corrected chi connectivity index (χ3v) is 1.63. The Hall–Kier alpha value is -0.720. The van der Waals surface area contributed by atoms with Crippen LogP contribution in [0.5, 0.6) is 0 Å². The molecule has 0 aromatic heterocycles. The number of allylic oxidation sites excluding steroid dienone is 2. The molecule has 0 fully saturated rings. The van der Waals surface area contributed by atoms with Gasteiger partial charge in [0.1, 0.15) is 0 Å². The van der Waals surface area contributed by atoms with E-state index < -0.39 is 0 Å². The highest BCUT2D eigenvalue weighted by Crippen LogP contribution is 2.11. The van der Waals surface area contributed by atoms with Crippen LogP contribution in [0.25, 0.3) is 0 Å². The number of rotatable bonds is 3. The minimum absolute atomic E-state index is 1.09. The van der Waals surface area contributed by atoms with Crippen LogP contribution in [-0.2, 0) is 0 Å². The number of hydrogen-bond acceptors (Lipinski definition) is 1. The Labute approximate surface area is 63.8 Å². The van der Waals surface area contributed by atoms with Crippen molar-refractivity contribution < 1.29 is 0 Å². The smallest absolute Gasteiger partial charge is 0.0350 e. The predicted molar refractivity (Wildman–Crippen MR) is 46.9 cm³/mol. The van der Waals surface area contributed by atoms with E-state index in [0.29, 0.717) is 0 Å². The summed E-state index contributed by atoms with van der Waals surface area (Å²) in [5, 5.41) is 3.13. The van der Waals surface area contributed by atoms with Crippen molar-refractivity contribution >= 4 is 0 Å². The second-order valence-electron chi connectivity index (χ2n) is 2.54. The van der Waals surface area contributed by atoms with Gasteiger partial charge in [-0.05, 0) is 25.8 Å². The number of nitrogens with one attached hydrogen (secondary N) is 1. The lowest BCUT2D eigenvalue weighted by molar-refractivity contribution is 0.932. The maximum Gasteiger partial charge on any atom is 0.0350 e. The Morgan fingerprint density at radius 2 is 1.90 bits per heavy atom. The highest BCUT2D eigenvalue weighted by molar-refractivity contribution is 5.28. The summed E-state index contributed by atoms with van der Waals surface area (Å²) in [5.41, 5.74) is 3.68. The van der Waals surface area contributed by atoms with Crippen LogP contribution in [0.2, 0.25) is 0 Å². The molecule has 0 aromatic carbocycles. The van der Waals surface area contributed by atoms with Gasteiger partial charge in [0.25, 0.3) is 0 Å². The molecule has 1 N–H and O–H groups in total. The normalized spacial score (nSPS) is 12.4. The van der Waals surface area contributed by atoms with Gasteiger partial charge in [0.05, 0.1) is 0 Å². The van der Waals surface area contributed by atoms with Gasteiger partial charge in [0.2, 0.25) is 0 Å². The highest BCUT2D eigenvalue weighted by Gasteiger charge is 1.97. The highest BCUT2D eigenvalue weighted by atomic mass is 14.8. The summed E-state index contributed by atoms with van der Waals surface area (Å²) in [4.78, 5) is 0. The summed E-state index contributed by atoms with van der Waals surface area (Å²) in [5.74, 6) is 0. The van der Waals surface area contributed by atoms with Crippen LogP contribution in [0.4, 0.5) is 0 Å². The second-order valence-corrected chi connectivity index (χ2v) is 2.54. The molecule has 10 heavy (non-hydrogen) atoms. The number of likely N-dealkylation sites (N-methyl/N-ethyl adjacent to an activating group) is 1. The van der Waals surface area contributed by atoms with E-state index in [9.17, 15) is 0 Å². The summed E-state index contributed by atoms with van der Waals surface area (Å²) >= 11 is 0. The summed E-state index contributed by atoms with van der Waals surface area (Å²) in [7, 11) is 1.93. The van der Waals surface area contributed by atoms with E-state index in [0.717, 1.165) is 12.0 Å². The molecule has 0 saturated heterocycles. The summed E-state index contributed by atoms with van der Waals surface area (Å²) in [6.07, 6.45) is 1.09. The van der Waals surface area contributed by atoms with Crippen molar-refractivity contribution in [3.63, 3.8) is 0 Å². The first kappa shape index (κ1) is 9.28. The molecule has 0 rings (SSSR count).